The van der Waals surface area contributed by atoms with Crippen LogP contribution in [0.3, 0.4) is 0 Å². The van der Waals surface area contributed by atoms with Gasteiger partial charge in [-0.1, -0.05) is 24.3 Å². The second-order valence-corrected chi connectivity index (χ2v) is 6.30. The highest BCUT2D eigenvalue weighted by Gasteiger charge is 2.20. The van der Waals surface area contributed by atoms with Gasteiger partial charge in [0.15, 0.2) is 0 Å². The fourth-order valence-electron chi connectivity index (χ4n) is 2.68. The SMILES string of the molecule is CNc1ncc(C(=O)N2CCCSCC2)c2ccccc12. The second kappa shape index (κ2) is 6.35. The minimum atomic E-state index is 0.101. The van der Waals surface area contributed by atoms with Gasteiger partial charge in [-0.05, 0) is 17.6 Å². The number of carbonyl (C=O) groups is 1. The van der Waals surface area contributed by atoms with E-state index in [9.17, 15) is 4.79 Å². The van der Waals surface area contributed by atoms with Crippen LogP contribution in [0.2, 0.25) is 0 Å². The van der Waals surface area contributed by atoms with Crippen LogP contribution in [0, 0.1) is 0 Å². The van der Waals surface area contributed by atoms with Crippen molar-refractivity contribution in [2.45, 2.75) is 6.42 Å². The molecule has 1 aromatic heterocycles. The first kappa shape index (κ1) is 14.2. The Morgan fingerprint density at radius 1 is 1.24 bits per heavy atom. The van der Waals surface area contributed by atoms with Crippen LogP contribution in [0.15, 0.2) is 30.5 Å². The van der Waals surface area contributed by atoms with Gasteiger partial charge in [-0.15, -0.1) is 0 Å². The van der Waals surface area contributed by atoms with Crippen LogP contribution in [0.5, 0.6) is 0 Å². The maximum absolute atomic E-state index is 12.8. The van der Waals surface area contributed by atoms with Crippen LogP contribution in [0.1, 0.15) is 16.8 Å². The number of nitrogens with zero attached hydrogens (tertiary/aromatic N) is 2. The molecule has 1 aliphatic heterocycles. The van der Waals surface area contributed by atoms with Crippen molar-refractivity contribution in [2.75, 3.05) is 37.0 Å². The Morgan fingerprint density at radius 2 is 2.05 bits per heavy atom. The Balaban J connectivity index is 2.01. The fraction of sp³-hybridized carbons (Fsp3) is 0.375. The summed E-state index contributed by atoms with van der Waals surface area (Å²) in [6.45, 7) is 1.67. The van der Waals surface area contributed by atoms with Crippen molar-refractivity contribution in [1.82, 2.24) is 9.88 Å². The van der Waals surface area contributed by atoms with E-state index in [4.69, 9.17) is 0 Å². The smallest absolute Gasteiger partial charge is 0.256 e. The number of carbonyl (C=O) groups excluding carboxylic acids is 1. The molecule has 1 N–H and O–H groups in total. The maximum atomic E-state index is 12.8. The molecule has 1 saturated heterocycles. The molecule has 1 aromatic carbocycles. The molecule has 0 radical (unpaired) electrons. The number of benzene rings is 1. The summed E-state index contributed by atoms with van der Waals surface area (Å²) in [4.78, 5) is 19.2. The predicted molar refractivity (Wildman–Crippen MR) is 89.1 cm³/mol. The topological polar surface area (TPSA) is 45.2 Å². The van der Waals surface area contributed by atoms with Crippen molar-refractivity contribution in [3.63, 3.8) is 0 Å². The first-order chi connectivity index (χ1) is 10.3. The Bertz CT molecular complexity index is 651. The Labute approximate surface area is 128 Å². The van der Waals surface area contributed by atoms with E-state index < -0.39 is 0 Å². The van der Waals surface area contributed by atoms with Crippen LogP contribution < -0.4 is 5.32 Å². The molecule has 0 spiro atoms. The standard InChI is InChI=1S/C16H19N3OS/c1-17-15-13-6-3-2-5-12(13)14(11-18-15)16(20)19-7-4-9-21-10-8-19/h2-3,5-6,11H,4,7-10H2,1H3,(H,17,18). The largest absolute Gasteiger partial charge is 0.373 e. The average molecular weight is 301 g/mol. The lowest BCUT2D eigenvalue weighted by Crippen LogP contribution is -2.33. The molecule has 4 nitrogen and oxygen atoms in total. The zero-order valence-electron chi connectivity index (χ0n) is 12.1. The van der Waals surface area contributed by atoms with Crippen molar-refractivity contribution >= 4 is 34.3 Å². The zero-order chi connectivity index (χ0) is 14.7. The summed E-state index contributed by atoms with van der Waals surface area (Å²) in [5, 5.41) is 5.05. The van der Waals surface area contributed by atoms with Gasteiger partial charge in [0.25, 0.3) is 5.91 Å². The fourth-order valence-corrected chi connectivity index (χ4v) is 3.57. The van der Waals surface area contributed by atoms with Gasteiger partial charge >= 0.3 is 0 Å². The van der Waals surface area contributed by atoms with Crippen molar-refractivity contribution in [2.24, 2.45) is 0 Å². The lowest BCUT2D eigenvalue weighted by atomic mass is 10.1. The van der Waals surface area contributed by atoms with E-state index in [1.165, 1.54) is 0 Å². The first-order valence-electron chi connectivity index (χ1n) is 7.24. The number of aromatic nitrogens is 1. The molecule has 0 atom stereocenters. The molecule has 2 aromatic rings. The highest BCUT2D eigenvalue weighted by molar-refractivity contribution is 7.99. The lowest BCUT2D eigenvalue weighted by Gasteiger charge is -2.21. The van der Waals surface area contributed by atoms with E-state index in [-0.39, 0.29) is 5.91 Å². The van der Waals surface area contributed by atoms with Gasteiger partial charge < -0.3 is 10.2 Å². The highest BCUT2D eigenvalue weighted by atomic mass is 32.2. The summed E-state index contributed by atoms with van der Waals surface area (Å²) in [5.41, 5.74) is 0.705. The Morgan fingerprint density at radius 3 is 2.86 bits per heavy atom. The quantitative estimate of drug-likeness (QED) is 0.926. The molecule has 110 valence electrons. The molecule has 0 saturated carbocycles. The number of thioether (sulfide) groups is 1. The van der Waals surface area contributed by atoms with E-state index >= 15 is 0 Å². The van der Waals surface area contributed by atoms with E-state index in [1.807, 2.05) is 48.0 Å². The lowest BCUT2D eigenvalue weighted by molar-refractivity contribution is 0.0770. The molecule has 1 fully saturated rings. The first-order valence-corrected chi connectivity index (χ1v) is 8.39. The van der Waals surface area contributed by atoms with Crippen LogP contribution in [-0.2, 0) is 0 Å². The third-order valence-electron chi connectivity index (χ3n) is 3.77. The van der Waals surface area contributed by atoms with Crippen LogP contribution in [0.25, 0.3) is 10.8 Å². The van der Waals surface area contributed by atoms with Crippen molar-refractivity contribution in [3.8, 4) is 0 Å². The number of hydrogen-bond acceptors (Lipinski definition) is 4. The molecule has 5 heteroatoms. The van der Waals surface area contributed by atoms with E-state index in [0.717, 1.165) is 47.6 Å². The monoisotopic (exact) mass is 301 g/mol. The minimum absolute atomic E-state index is 0.101. The van der Waals surface area contributed by atoms with Gasteiger partial charge in [0.05, 0.1) is 5.56 Å². The zero-order valence-corrected chi connectivity index (χ0v) is 12.9. The molecular weight excluding hydrogens is 282 g/mol. The molecule has 3 rings (SSSR count). The average Bonchev–Trinajstić information content (AvgIpc) is 2.82. The molecule has 1 amide bonds. The Hall–Kier alpha value is -1.75. The van der Waals surface area contributed by atoms with Gasteiger partial charge in [0.2, 0.25) is 0 Å². The number of anilines is 1. The van der Waals surface area contributed by atoms with Crippen LogP contribution >= 0.6 is 11.8 Å². The third-order valence-corrected chi connectivity index (χ3v) is 4.82. The van der Waals surface area contributed by atoms with Crippen molar-refractivity contribution < 1.29 is 4.79 Å². The number of hydrogen-bond donors (Lipinski definition) is 1. The Kier molecular flexibility index (Phi) is 4.29. The number of amides is 1. The third kappa shape index (κ3) is 2.83. The molecule has 1 aliphatic rings. The van der Waals surface area contributed by atoms with Crippen molar-refractivity contribution in [1.29, 1.82) is 0 Å². The van der Waals surface area contributed by atoms with Gasteiger partial charge in [-0.2, -0.15) is 11.8 Å². The molecule has 0 aliphatic carbocycles. The normalized spacial score (nSPS) is 15.8. The van der Waals surface area contributed by atoms with Gasteiger partial charge in [-0.25, -0.2) is 4.98 Å². The summed E-state index contributed by atoms with van der Waals surface area (Å²) >= 11 is 1.92. The summed E-state index contributed by atoms with van der Waals surface area (Å²) in [7, 11) is 1.85. The van der Waals surface area contributed by atoms with Crippen LogP contribution in [0.4, 0.5) is 5.82 Å². The van der Waals surface area contributed by atoms with Gasteiger partial charge in [0.1, 0.15) is 5.82 Å². The minimum Gasteiger partial charge on any atom is -0.373 e. The van der Waals surface area contributed by atoms with Crippen LogP contribution in [-0.4, -0.2) is 47.4 Å². The van der Waals surface area contributed by atoms with E-state index in [0.29, 0.717) is 5.56 Å². The maximum Gasteiger partial charge on any atom is 0.256 e. The van der Waals surface area contributed by atoms with Gasteiger partial charge in [-0.3, -0.25) is 4.79 Å². The van der Waals surface area contributed by atoms with E-state index in [2.05, 4.69) is 10.3 Å². The summed E-state index contributed by atoms with van der Waals surface area (Å²) in [5.74, 6) is 3.07. The molecule has 21 heavy (non-hydrogen) atoms. The second-order valence-electron chi connectivity index (χ2n) is 5.07. The number of nitrogens with one attached hydrogen (secondary N) is 1. The molecule has 0 unspecified atom stereocenters. The predicted octanol–water partition coefficient (Wildman–Crippen LogP) is 2.86. The summed E-state index contributed by atoms with van der Waals surface area (Å²) in [6.07, 6.45) is 2.77. The van der Waals surface area contributed by atoms with Gasteiger partial charge in [0, 0.05) is 37.5 Å². The number of pyridine rings is 1. The number of fused-ring (bicyclic) bond motifs is 1. The molecule has 2 heterocycles. The van der Waals surface area contributed by atoms with Crippen molar-refractivity contribution in [3.05, 3.63) is 36.0 Å². The van der Waals surface area contributed by atoms with E-state index in [1.54, 1.807) is 6.20 Å². The highest BCUT2D eigenvalue weighted by Crippen LogP contribution is 2.25. The number of rotatable bonds is 2. The molecular formula is C16H19N3OS. The molecule has 0 bridgehead atoms. The summed E-state index contributed by atoms with van der Waals surface area (Å²) in [6, 6.07) is 7.94. The summed E-state index contributed by atoms with van der Waals surface area (Å²) < 4.78 is 0.